The van der Waals surface area contributed by atoms with Crippen molar-refractivity contribution in [2.75, 3.05) is 0 Å². The second-order valence-corrected chi connectivity index (χ2v) is 3.56. The Morgan fingerprint density at radius 3 is 2.67 bits per heavy atom. The molecule has 15 heavy (non-hydrogen) atoms. The molecule has 0 spiro atoms. The number of H-pyrrole nitrogens is 1. The molecule has 0 aliphatic carbocycles. The number of carbonyl (C=O) groups excluding carboxylic acids is 1. The summed E-state index contributed by atoms with van der Waals surface area (Å²) in [5, 5.41) is 8.42. The van der Waals surface area contributed by atoms with Gasteiger partial charge in [0.25, 0.3) is 11.8 Å². The summed E-state index contributed by atoms with van der Waals surface area (Å²) >= 11 is 0. The summed E-state index contributed by atoms with van der Waals surface area (Å²) in [6.07, 6.45) is 1.31. The van der Waals surface area contributed by atoms with Gasteiger partial charge in [0.1, 0.15) is 0 Å². The zero-order chi connectivity index (χ0) is 11.6. The minimum atomic E-state index is -2.94. The lowest BCUT2D eigenvalue weighted by Crippen LogP contribution is -2.43. The van der Waals surface area contributed by atoms with Gasteiger partial charge in [-0.15, -0.1) is 0 Å². The number of aromatic nitrogens is 2. The fraction of sp³-hybridized carbons (Fsp3) is 0.556. The number of nitrogens with one attached hydrogen (secondary N) is 2. The molecule has 0 unspecified atom stereocenters. The third-order valence-corrected chi connectivity index (χ3v) is 2.18. The number of hydrogen-bond donors (Lipinski definition) is 2. The van der Waals surface area contributed by atoms with Gasteiger partial charge in [0.2, 0.25) is 0 Å². The van der Waals surface area contributed by atoms with Gasteiger partial charge in [-0.05, 0) is 13.8 Å². The quantitative estimate of drug-likeness (QED) is 0.805. The van der Waals surface area contributed by atoms with Gasteiger partial charge < -0.3 is 5.32 Å². The van der Waals surface area contributed by atoms with E-state index in [1.54, 1.807) is 6.92 Å². The highest BCUT2D eigenvalue weighted by Crippen LogP contribution is 2.17. The Balaban J connectivity index is 2.69. The molecule has 0 aliphatic rings. The van der Waals surface area contributed by atoms with Crippen molar-refractivity contribution in [2.45, 2.75) is 32.7 Å². The molecule has 1 aromatic rings. The van der Waals surface area contributed by atoms with E-state index >= 15 is 0 Å². The largest absolute Gasteiger partial charge is 0.343 e. The van der Waals surface area contributed by atoms with Crippen molar-refractivity contribution in [1.29, 1.82) is 0 Å². The maximum Gasteiger partial charge on any atom is 0.264 e. The molecule has 1 atom stereocenters. The summed E-state index contributed by atoms with van der Waals surface area (Å²) in [5.41, 5.74) is 0.838. The number of carbonyl (C=O) groups is 1. The van der Waals surface area contributed by atoms with Gasteiger partial charge in [0.05, 0.1) is 17.8 Å². The smallest absolute Gasteiger partial charge is 0.264 e. The Labute approximate surface area is 86.1 Å². The molecular weight excluding hydrogens is 204 g/mol. The number of hydrogen-bond acceptors (Lipinski definition) is 2. The molecule has 0 fully saturated rings. The Morgan fingerprint density at radius 1 is 1.67 bits per heavy atom. The fourth-order valence-electron chi connectivity index (χ4n) is 0.981. The van der Waals surface area contributed by atoms with Crippen LogP contribution in [0.5, 0.6) is 0 Å². The molecule has 0 aromatic carbocycles. The molecule has 1 amide bonds. The summed E-state index contributed by atoms with van der Waals surface area (Å²) in [4.78, 5) is 11.5. The highest BCUT2D eigenvalue weighted by atomic mass is 19.3. The molecule has 2 N–H and O–H groups in total. The fourth-order valence-corrected chi connectivity index (χ4v) is 0.981. The van der Waals surface area contributed by atoms with Gasteiger partial charge in [0, 0.05) is 12.6 Å². The maximum absolute atomic E-state index is 12.8. The van der Waals surface area contributed by atoms with Crippen LogP contribution in [0, 0.1) is 6.92 Å². The number of rotatable bonds is 3. The normalized spacial score (nSPS) is 13.7. The zero-order valence-corrected chi connectivity index (χ0v) is 8.77. The van der Waals surface area contributed by atoms with E-state index in [-0.39, 0.29) is 5.56 Å². The Hall–Kier alpha value is -1.46. The van der Waals surface area contributed by atoms with E-state index in [0.717, 1.165) is 6.92 Å². The van der Waals surface area contributed by atoms with E-state index < -0.39 is 17.9 Å². The molecule has 0 saturated carbocycles. The molecular formula is C9H13F2N3O. The van der Waals surface area contributed by atoms with Crippen molar-refractivity contribution >= 4 is 5.91 Å². The molecule has 1 heterocycles. The Kier molecular flexibility index (Phi) is 3.06. The van der Waals surface area contributed by atoms with Crippen molar-refractivity contribution in [1.82, 2.24) is 15.5 Å². The molecule has 1 aromatic heterocycles. The predicted octanol–water partition coefficient (Wildman–Crippen LogP) is 1.49. The monoisotopic (exact) mass is 217 g/mol. The Bertz CT molecular complexity index is 356. The van der Waals surface area contributed by atoms with Gasteiger partial charge >= 0.3 is 0 Å². The van der Waals surface area contributed by atoms with E-state index in [4.69, 9.17) is 0 Å². The number of halogens is 2. The van der Waals surface area contributed by atoms with Crippen LogP contribution >= 0.6 is 0 Å². The first kappa shape index (κ1) is 11.6. The maximum atomic E-state index is 12.8. The number of aryl methyl sites for hydroxylation is 1. The molecule has 0 radical (unpaired) electrons. The van der Waals surface area contributed by atoms with E-state index in [2.05, 4.69) is 15.5 Å². The number of alkyl halides is 2. The first-order valence-electron chi connectivity index (χ1n) is 4.51. The van der Waals surface area contributed by atoms with Gasteiger partial charge in [-0.2, -0.15) is 5.10 Å². The molecule has 0 aliphatic heterocycles. The second kappa shape index (κ2) is 3.96. The number of amides is 1. The highest BCUT2D eigenvalue weighted by molar-refractivity contribution is 5.95. The van der Waals surface area contributed by atoms with Crippen LogP contribution in [-0.2, 0) is 0 Å². The van der Waals surface area contributed by atoms with Gasteiger partial charge in [0.15, 0.2) is 0 Å². The minimum Gasteiger partial charge on any atom is -0.343 e. The van der Waals surface area contributed by atoms with Crippen LogP contribution in [0.2, 0.25) is 0 Å². The average Bonchev–Trinajstić information content (AvgIpc) is 2.49. The van der Waals surface area contributed by atoms with E-state index in [9.17, 15) is 13.6 Å². The van der Waals surface area contributed by atoms with Crippen molar-refractivity contribution in [3.05, 3.63) is 17.5 Å². The molecule has 6 heteroatoms. The van der Waals surface area contributed by atoms with Gasteiger partial charge in [-0.25, -0.2) is 8.78 Å². The first-order chi connectivity index (χ1) is 6.82. The lowest BCUT2D eigenvalue weighted by molar-refractivity contribution is -0.0108. The predicted molar refractivity (Wildman–Crippen MR) is 50.9 cm³/mol. The topological polar surface area (TPSA) is 57.8 Å². The minimum absolute atomic E-state index is 0.283. The summed E-state index contributed by atoms with van der Waals surface area (Å²) in [6.45, 7) is 3.67. The van der Waals surface area contributed by atoms with Crippen LogP contribution in [0.3, 0.4) is 0 Å². The van der Waals surface area contributed by atoms with Crippen molar-refractivity contribution in [3.8, 4) is 0 Å². The third-order valence-electron chi connectivity index (χ3n) is 2.18. The lowest BCUT2D eigenvalue weighted by atomic mass is 10.1. The van der Waals surface area contributed by atoms with E-state index in [1.807, 2.05) is 0 Å². The number of nitrogens with zero attached hydrogens (tertiary/aromatic N) is 1. The van der Waals surface area contributed by atoms with Crippen LogP contribution in [-0.4, -0.2) is 28.1 Å². The van der Waals surface area contributed by atoms with Crippen molar-refractivity contribution in [2.24, 2.45) is 0 Å². The van der Waals surface area contributed by atoms with E-state index in [1.165, 1.54) is 13.1 Å². The lowest BCUT2D eigenvalue weighted by Gasteiger charge is -2.20. The van der Waals surface area contributed by atoms with Crippen molar-refractivity contribution < 1.29 is 13.6 Å². The standard InChI is InChI=1S/C9H13F2N3O/c1-5-7(4-12-14-5)8(15)13-6(2)9(3,10)11/h4,6H,1-3H3,(H,12,14)(H,13,15)/t6-/m1/s1. The summed E-state index contributed by atoms with van der Waals surface area (Å²) in [6, 6.07) is -1.21. The molecule has 0 bridgehead atoms. The van der Waals surface area contributed by atoms with Gasteiger partial charge in [-0.3, -0.25) is 9.89 Å². The van der Waals surface area contributed by atoms with Crippen molar-refractivity contribution in [3.63, 3.8) is 0 Å². The van der Waals surface area contributed by atoms with Crippen LogP contribution in [0.1, 0.15) is 29.9 Å². The van der Waals surface area contributed by atoms with Crippen LogP contribution in [0.4, 0.5) is 8.78 Å². The first-order valence-corrected chi connectivity index (χ1v) is 4.51. The summed E-state index contributed by atoms with van der Waals surface area (Å²) in [5.74, 6) is -3.48. The number of aromatic amines is 1. The van der Waals surface area contributed by atoms with E-state index in [0.29, 0.717) is 5.69 Å². The molecule has 1 rings (SSSR count). The third kappa shape index (κ3) is 2.74. The molecule has 0 saturated heterocycles. The summed E-state index contributed by atoms with van der Waals surface area (Å²) in [7, 11) is 0. The van der Waals surface area contributed by atoms with Gasteiger partial charge in [-0.1, -0.05) is 0 Å². The second-order valence-electron chi connectivity index (χ2n) is 3.56. The SMILES string of the molecule is Cc1[nH]ncc1C(=O)N[C@H](C)C(C)(F)F. The van der Waals surface area contributed by atoms with Crippen LogP contribution in [0.15, 0.2) is 6.20 Å². The Morgan fingerprint density at radius 2 is 2.27 bits per heavy atom. The average molecular weight is 217 g/mol. The zero-order valence-electron chi connectivity index (χ0n) is 8.77. The summed E-state index contributed by atoms with van der Waals surface area (Å²) < 4.78 is 25.6. The van der Waals surface area contributed by atoms with Crippen LogP contribution in [0.25, 0.3) is 0 Å². The highest BCUT2D eigenvalue weighted by Gasteiger charge is 2.31. The van der Waals surface area contributed by atoms with Crippen LogP contribution < -0.4 is 5.32 Å². The molecule has 4 nitrogen and oxygen atoms in total. The molecule has 84 valence electrons.